The molecule has 0 spiro atoms. The number of ether oxygens (including phenoxy) is 1. The molecule has 4 nitrogen and oxygen atoms in total. The first-order chi connectivity index (χ1) is 11.3. The fourth-order valence-corrected chi connectivity index (χ4v) is 2.90. The summed E-state index contributed by atoms with van der Waals surface area (Å²) >= 11 is 0. The molecule has 1 aromatic rings. The third-order valence-electron chi connectivity index (χ3n) is 4.46. The zero-order valence-electron chi connectivity index (χ0n) is 15.0. The van der Waals surface area contributed by atoms with Gasteiger partial charge in [0.25, 0.3) is 0 Å². The molecule has 0 bridgehead atoms. The second kappa shape index (κ2) is 7.65. The van der Waals surface area contributed by atoms with E-state index in [2.05, 4.69) is 32.9 Å². The highest BCUT2D eigenvalue weighted by Crippen LogP contribution is 2.22. The first-order valence-electron chi connectivity index (χ1n) is 8.46. The summed E-state index contributed by atoms with van der Waals surface area (Å²) in [4.78, 5) is 25.7. The Bertz CT molecular complexity index is 611. The van der Waals surface area contributed by atoms with Crippen molar-refractivity contribution in [2.45, 2.75) is 39.0 Å². The highest BCUT2D eigenvalue weighted by Gasteiger charge is 2.28. The number of amides is 1. The lowest BCUT2D eigenvalue weighted by Crippen LogP contribution is -2.41. The first-order valence-corrected chi connectivity index (χ1v) is 8.46. The van der Waals surface area contributed by atoms with Crippen molar-refractivity contribution in [3.63, 3.8) is 0 Å². The summed E-state index contributed by atoms with van der Waals surface area (Å²) in [6.45, 7) is 7.67. The molecule has 1 amide bonds. The maximum atomic E-state index is 12.3. The molecule has 1 heterocycles. The Morgan fingerprint density at radius 2 is 1.88 bits per heavy atom. The van der Waals surface area contributed by atoms with Crippen molar-refractivity contribution in [3.05, 3.63) is 41.5 Å². The molecule has 24 heavy (non-hydrogen) atoms. The molecule has 4 heteroatoms. The maximum Gasteiger partial charge on any atom is 0.310 e. The molecule has 1 unspecified atom stereocenters. The van der Waals surface area contributed by atoms with Crippen LogP contribution in [0, 0.1) is 5.92 Å². The van der Waals surface area contributed by atoms with Gasteiger partial charge >= 0.3 is 5.97 Å². The summed E-state index contributed by atoms with van der Waals surface area (Å²) in [5, 5.41) is 0. The average molecular weight is 329 g/mol. The smallest absolute Gasteiger partial charge is 0.310 e. The quantitative estimate of drug-likeness (QED) is 0.631. The number of piperidine rings is 1. The number of nitrogens with zero attached hydrogens (tertiary/aromatic N) is 1. The Balaban J connectivity index is 1.98. The SMILES string of the molecule is COC(=O)C1CCCN(C(=O)/C=C/c2ccc(C(C)(C)C)cc2)C1. The van der Waals surface area contributed by atoms with Crippen molar-refractivity contribution in [2.75, 3.05) is 20.2 Å². The molecular formula is C20H27NO3. The van der Waals surface area contributed by atoms with Crippen molar-refractivity contribution in [1.29, 1.82) is 0 Å². The Labute approximate surface area is 144 Å². The molecule has 1 aromatic carbocycles. The van der Waals surface area contributed by atoms with Crippen LogP contribution >= 0.6 is 0 Å². The second-order valence-electron chi connectivity index (χ2n) is 7.35. The van der Waals surface area contributed by atoms with Crippen LogP contribution in [0.3, 0.4) is 0 Å². The molecule has 0 radical (unpaired) electrons. The lowest BCUT2D eigenvalue weighted by molar-refractivity contribution is -0.148. The van der Waals surface area contributed by atoms with Gasteiger partial charge in [0.15, 0.2) is 0 Å². The Hall–Kier alpha value is -2.10. The van der Waals surface area contributed by atoms with Crippen molar-refractivity contribution in [2.24, 2.45) is 5.92 Å². The van der Waals surface area contributed by atoms with Crippen LogP contribution in [0.15, 0.2) is 30.3 Å². The molecule has 130 valence electrons. The first kappa shape index (κ1) is 18.2. The molecule has 2 rings (SSSR count). The third kappa shape index (κ3) is 4.70. The molecular weight excluding hydrogens is 302 g/mol. The van der Waals surface area contributed by atoms with Gasteiger partial charge in [-0.05, 0) is 35.5 Å². The molecule has 0 saturated carbocycles. The minimum Gasteiger partial charge on any atom is -0.469 e. The number of hydrogen-bond acceptors (Lipinski definition) is 3. The summed E-state index contributed by atoms with van der Waals surface area (Å²) in [7, 11) is 1.39. The van der Waals surface area contributed by atoms with Gasteiger partial charge in [0.05, 0.1) is 13.0 Å². The van der Waals surface area contributed by atoms with Gasteiger partial charge in [-0.2, -0.15) is 0 Å². The summed E-state index contributed by atoms with van der Waals surface area (Å²) < 4.78 is 4.79. The van der Waals surface area contributed by atoms with Crippen LogP contribution < -0.4 is 0 Å². The Morgan fingerprint density at radius 3 is 2.46 bits per heavy atom. The van der Waals surface area contributed by atoms with Gasteiger partial charge in [-0.15, -0.1) is 0 Å². The monoisotopic (exact) mass is 329 g/mol. The van der Waals surface area contributed by atoms with Gasteiger partial charge in [0, 0.05) is 19.2 Å². The molecule has 1 aliphatic heterocycles. The molecule has 1 aliphatic rings. The summed E-state index contributed by atoms with van der Waals surface area (Å²) in [6, 6.07) is 8.24. The zero-order valence-corrected chi connectivity index (χ0v) is 15.0. The predicted molar refractivity (Wildman–Crippen MR) is 95.5 cm³/mol. The number of rotatable bonds is 3. The van der Waals surface area contributed by atoms with E-state index in [4.69, 9.17) is 4.74 Å². The summed E-state index contributed by atoms with van der Waals surface area (Å²) in [5.41, 5.74) is 2.38. The Kier molecular flexibility index (Phi) is 5.81. The lowest BCUT2D eigenvalue weighted by atomic mass is 9.87. The number of benzene rings is 1. The van der Waals surface area contributed by atoms with Crippen LogP contribution in [0.2, 0.25) is 0 Å². The van der Waals surface area contributed by atoms with E-state index in [1.807, 2.05) is 18.2 Å². The van der Waals surface area contributed by atoms with Crippen LogP contribution in [0.4, 0.5) is 0 Å². The van der Waals surface area contributed by atoms with E-state index in [1.54, 1.807) is 11.0 Å². The van der Waals surface area contributed by atoms with E-state index in [0.29, 0.717) is 13.1 Å². The highest BCUT2D eigenvalue weighted by molar-refractivity contribution is 5.92. The maximum absolute atomic E-state index is 12.3. The van der Waals surface area contributed by atoms with Crippen molar-refractivity contribution in [1.82, 2.24) is 4.90 Å². The number of methoxy groups -OCH3 is 1. The minimum atomic E-state index is -0.228. The molecule has 0 N–H and O–H groups in total. The number of likely N-dealkylation sites (tertiary alicyclic amines) is 1. The van der Waals surface area contributed by atoms with E-state index < -0.39 is 0 Å². The number of esters is 1. The van der Waals surface area contributed by atoms with Gasteiger partial charge in [-0.25, -0.2) is 0 Å². The van der Waals surface area contributed by atoms with Gasteiger partial charge in [0.1, 0.15) is 0 Å². The molecule has 0 aliphatic carbocycles. The third-order valence-corrected chi connectivity index (χ3v) is 4.46. The van der Waals surface area contributed by atoms with Crippen LogP contribution in [0.1, 0.15) is 44.7 Å². The van der Waals surface area contributed by atoms with Crippen molar-refractivity contribution >= 4 is 18.0 Å². The van der Waals surface area contributed by atoms with Crippen LogP contribution in [-0.4, -0.2) is 37.0 Å². The van der Waals surface area contributed by atoms with E-state index >= 15 is 0 Å². The standard InChI is InChI=1S/C20H27NO3/c1-20(2,3)17-10-7-15(8-11-17)9-12-18(22)21-13-5-6-16(14-21)19(23)24-4/h7-12,16H,5-6,13-14H2,1-4H3/b12-9+. The molecule has 1 atom stereocenters. The van der Waals surface area contributed by atoms with Crippen LogP contribution in [-0.2, 0) is 19.7 Å². The van der Waals surface area contributed by atoms with Gasteiger partial charge in [0.2, 0.25) is 5.91 Å². The second-order valence-corrected chi connectivity index (χ2v) is 7.35. The lowest BCUT2D eigenvalue weighted by Gasteiger charge is -2.30. The minimum absolute atomic E-state index is 0.0523. The van der Waals surface area contributed by atoms with Gasteiger partial charge in [-0.1, -0.05) is 45.0 Å². The number of hydrogen-bond donors (Lipinski definition) is 0. The Morgan fingerprint density at radius 1 is 1.21 bits per heavy atom. The normalized spacial score (nSPS) is 18.7. The number of carbonyl (C=O) groups excluding carboxylic acids is 2. The predicted octanol–water partition coefficient (Wildman–Crippen LogP) is 3.41. The van der Waals surface area contributed by atoms with E-state index in [9.17, 15) is 9.59 Å². The van der Waals surface area contributed by atoms with Gasteiger partial charge < -0.3 is 9.64 Å². The van der Waals surface area contributed by atoms with Gasteiger partial charge in [-0.3, -0.25) is 9.59 Å². The van der Waals surface area contributed by atoms with E-state index in [0.717, 1.165) is 18.4 Å². The van der Waals surface area contributed by atoms with Crippen LogP contribution in [0.25, 0.3) is 6.08 Å². The molecule has 0 aromatic heterocycles. The topological polar surface area (TPSA) is 46.6 Å². The average Bonchev–Trinajstić information content (AvgIpc) is 2.58. The zero-order chi connectivity index (χ0) is 17.7. The summed E-state index contributed by atoms with van der Waals surface area (Å²) in [6.07, 6.45) is 5.04. The fourth-order valence-electron chi connectivity index (χ4n) is 2.90. The van der Waals surface area contributed by atoms with Crippen molar-refractivity contribution < 1.29 is 14.3 Å². The van der Waals surface area contributed by atoms with Crippen LogP contribution in [0.5, 0.6) is 0 Å². The molecule has 1 fully saturated rings. The summed E-state index contributed by atoms with van der Waals surface area (Å²) in [5.74, 6) is -0.482. The number of carbonyl (C=O) groups is 2. The van der Waals surface area contributed by atoms with Crippen molar-refractivity contribution in [3.8, 4) is 0 Å². The van der Waals surface area contributed by atoms with E-state index in [1.165, 1.54) is 12.7 Å². The fraction of sp³-hybridized carbons (Fsp3) is 0.500. The largest absolute Gasteiger partial charge is 0.469 e. The van der Waals surface area contributed by atoms with E-state index in [-0.39, 0.29) is 23.2 Å². The highest BCUT2D eigenvalue weighted by atomic mass is 16.5. The molecule has 1 saturated heterocycles.